The third-order valence-corrected chi connectivity index (χ3v) is 6.63. The lowest BCUT2D eigenvalue weighted by atomic mass is 9.96. The average Bonchev–Trinajstić information content (AvgIpc) is 3.07. The molecule has 3 atom stereocenters. The molecule has 2 aromatic rings. The van der Waals surface area contributed by atoms with Crippen LogP contribution in [0.3, 0.4) is 0 Å². The number of anilines is 1. The Bertz CT molecular complexity index is 962. The van der Waals surface area contributed by atoms with Crippen LogP contribution in [0.25, 0.3) is 0 Å². The standard InChI is InChI=1S/C25H32N4O3/c1-4-12-26-24(30)17-8-11-23(27-15-17)29-19-9-10-20(29)14-18(13-19)28-25(31)21-6-5-7-22(32-3)16(21)2/h5-8,11,15,18-20H,4,9-10,12-14H2,1-3H3,(H,26,30)(H,28,31)/t18?,19-,20+. The number of fused-ring (bicyclic) bond motifs is 2. The van der Waals surface area contributed by atoms with Crippen molar-refractivity contribution >= 4 is 17.6 Å². The third kappa shape index (κ3) is 4.42. The van der Waals surface area contributed by atoms with E-state index < -0.39 is 0 Å². The van der Waals surface area contributed by atoms with E-state index in [2.05, 4.69) is 20.5 Å². The van der Waals surface area contributed by atoms with Gasteiger partial charge in [-0.1, -0.05) is 13.0 Å². The highest BCUT2D eigenvalue weighted by Crippen LogP contribution is 2.38. The number of rotatable bonds is 7. The van der Waals surface area contributed by atoms with Gasteiger partial charge in [-0.3, -0.25) is 9.59 Å². The van der Waals surface area contributed by atoms with Crippen LogP contribution >= 0.6 is 0 Å². The summed E-state index contributed by atoms with van der Waals surface area (Å²) in [5, 5.41) is 6.13. The highest BCUT2D eigenvalue weighted by atomic mass is 16.5. The number of methoxy groups -OCH3 is 1. The largest absolute Gasteiger partial charge is 0.496 e. The molecule has 2 saturated heterocycles. The van der Waals surface area contributed by atoms with E-state index in [0.717, 1.165) is 49.2 Å². The van der Waals surface area contributed by atoms with E-state index in [1.54, 1.807) is 13.3 Å². The maximum absolute atomic E-state index is 12.9. The minimum absolute atomic E-state index is 0.0418. The zero-order valence-electron chi connectivity index (χ0n) is 19.1. The predicted octanol–water partition coefficient (Wildman–Crippen LogP) is 3.47. The molecule has 0 radical (unpaired) electrons. The molecule has 1 unspecified atom stereocenters. The smallest absolute Gasteiger partial charge is 0.252 e. The van der Waals surface area contributed by atoms with Gasteiger partial charge in [0.2, 0.25) is 0 Å². The summed E-state index contributed by atoms with van der Waals surface area (Å²) in [6, 6.07) is 10.2. The Morgan fingerprint density at radius 1 is 1.12 bits per heavy atom. The van der Waals surface area contributed by atoms with Crippen LogP contribution in [0.1, 0.15) is 65.3 Å². The van der Waals surface area contributed by atoms with Crippen LogP contribution in [0, 0.1) is 6.92 Å². The normalized spacial score (nSPS) is 21.8. The number of hydrogen-bond acceptors (Lipinski definition) is 5. The van der Waals surface area contributed by atoms with E-state index in [1.807, 2.05) is 44.2 Å². The molecule has 32 heavy (non-hydrogen) atoms. The molecule has 4 rings (SSSR count). The SMILES string of the molecule is CCCNC(=O)c1ccc(N2[C@@H]3CC[C@H]2CC(NC(=O)c2cccc(OC)c2C)C3)nc1. The molecule has 1 aromatic carbocycles. The molecule has 7 heteroatoms. The Kier molecular flexibility index (Phi) is 6.63. The summed E-state index contributed by atoms with van der Waals surface area (Å²) in [5.41, 5.74) is 2.11. The van der Waals surface area contributed by atoms with Crippen molar-refractivity contribution < 1.29 is 14.3 Å². The molecule has 7 nitrogen and oxygen atoms in total. The van der Waals surface area contributed by atoms with Gasteiger partial charge in [0, 0.05) is 42.0 Å². The Hall–Kier alpha value is -3.09. The van der Waals surface area contributed by atoms with Gasteiger partial charge in [0.15, 0.2) is 0 Å². The number of nitrogens with one attached hydrogen (secondary N) is 2. The van der Waals surface area contributed by atoms with E-state index in [0.29, 0.717) is 29.8 Å². The van der Waals surface area contributed by atoms with Crippen LogP contribution in [0.15, 0.2) is 36.5 Å². The highest BCUT2D eigenvalue weighted by molar-refractivity contribution is 5.96. The van der Waals surface area contributed by atoms with Crippen molar-refractivity contribution in [1.82, 2.24) is 15.6 Å². The minimum Gasteiger partial charge on any atom is -0.496 e. The van der Waals surface area contributed by atoms with Crippen molar-refractivity contribution in [2.24, 2.45) is 0 Å². The Morgan fingerprint density at radius 2 is 1.88 bits per heavy atom. The van der Waals surface area contributed by atoms with Crippen LogP contribution in [-0.2, 0) is 0 Å². The number of nitrogens with zero attached hydrogens (tertiary/aromatic N) is 2. The fourth-order valence-electron chi connectivity index (χ4n) is 5.03. The van der Waals surface area contributed by atoms with E-state index in [4.69, 9.17) is 4.74 Å². The molecule has 3 heterocycles. The van der Waals surface area contributed by atoms with Crippen LogP contribution in [0.2, 0.25) is 0 Å². The number of carbonyl (C=O) groups excluding carboxylic acids is 2. The van der Waals surface area contributed by atoms with Crippen molar-refractivity contribution in [2.75, 3.05) is 18.6 Å². The molecule has 170 valence electrons. The molecular formula is C25H32N4O3. The van der Waals surface area contributed by atoms with Gasteiger partial charge in [-0.15, -0.1) is 0 Å². The molecule has 0 saturated carbocycles. The fourth-order valence-corrected chi connectivity index (χ4v) is 5.03. The Labute approximate surface area is 189 Å². The van der Waals surface area contributed by atoms with Crippen molar-refractivity contribution in [3.63, 3.8) is 0 Å². The Balaban J connectivity index is 1.41. The molecule has 2 bridgehead atoms. The first-order valence-corrected chi connectivity index (χ1v) is 11.5. The Morgan fingerprint density at radius 3 is 2.50 bits per heavy atom. The summed E-state index contributed by atoms with van der Waals surface area (Å²) in [6.07, 6.45) is 6.55. The third-order valence-electron chi connectivity index (χ3n) is 6.63. The quantitative estimate of drug-likeness (QED) is 0.694. The highest BCUT2D eigenvalue weighted by Gasteiger charge is 2.41. The van der Waals surface area contributed by atoms with E-state index in [9.17, 15) is 9.59 Å². The molecule has 2 N–H and O–H groups in total. The number of carbonyl (C=O) groups is 2. The van der Waals surface area contributed by atoms with Crippen molar-refractivity contribution in [2.45, 2.75) is 64.1 Å². The molecule has 2 aliphatic heterocycles. The van der Waals surface area contributed by atoms with E-state index in [-0.39, 0.29) is 17.9 Å². The van der Waals surface area contributed by atoms with Gasteiger partial charge in [-0.05, 0) is 63.3 Å². The van der Waals surface area contributed by atoms with Crippen LogP contribution in [0.4, 0.5) is 5.82 Å². The van der Waals surface area contributed by atoms with E-state index in [1.165, 1.54) is 0 Å². The average molecular weight is 437 g/mol. The summed E-state index contributed by atoms with van der Waals surface area (Å²) < 4.78 is 5.36. The monoisotopic (exact) mass is 436 g/mol. The molecule has 2 fully saturated rings. The molecule has 2 aliphatic rings. The van der Waals surface area contributed by atoms with Crippen LogP contribution < -0.4 is 20.3 Å². The van der Waals surface area contributed by atoms with Crippen LogP contribution in [-0.4, -0.2) is 48.6 Å². The number of piperidine rings is 1. The summed E-state index contributed by atoms with van der Waals surface area (Å²) in [5.74, 6) is 1.52. The first-order valence-electron chi connectivity index (χ1n) is 11.5. The topological polar surface area (TPSA) is 83.6 Å². The number of benzene rings is 1. The summed E-state index contributed by atoms with van der Waals surface area (Å²) >= 11 is 0. The fraction of sp³-hybridized carbons (Fsp3) is 0.480. The zero-order valence-corrected chi connectivity index (χ0v) is 19.1. The number of hydrogen-bond donors (Lipinski definition) is 2. The first-order chi connectivity index (χ1) is 15.5. The maximum Gasteiger partial charge on any atom is 0.252 e. The lowest BCUT2D eigenvalue weighted by Crippen LogP contribution is -2.50. The molecule has 0 spiro atoms. The first kappa shape index (κ1) is 22.1. The number of aromatic nitrogens is 1. The van der Waals surface area contributed by atoms with Crippen LogP contribution in [0.5, 0.6) is 5.75 Å². The minimum atomic E-state index is -0.0804. The lowest BCUT2D eigenvalue weighted by Gasteiger charge is -2.40. The van der Waals surface area contributed by atoms with Crippen molar-refractivity contribution in [3.8, 4) is 5.75 Å². The van der Waals surface area contributed by atoms with Gasteiger partial charge in [0.25, 0.3) is 11.8 Å². The molecule has 1 aromatic heterocycles. The van der Waals surface area contributed by atoms with Gasteiger partial charge in [-0.2, -0.15) is 0 Å². The lowest BCUT2D eigenvalue weighted by molar-refractivity contribution is 0.0924. The van der Waals surface area contributed by atoms with Gasteiger partial charge >= 0.3 is 0 Å². The molecule has 2 amide bonds. The van der Waals surface area contributed by atoms with Gasteiger partial charge in [-0.25, -0.2) is 4.98 Å². The zero-order chi connectivity index (χ0) is 22.7. The second-order valence-corrected chi connectivity index (χ2v) is 8.73. The summed E-state index contributed by atoms with van der Waals surface area (Å²) in [6.45, 7) is 4.61. The number of amides is 2. The summed E-state index contributed by atoms with van der Waals surface area (Å²) in [7, 11) is 1.62. The number of pyridine rings is 1. The number of ether oxygens (including phenoxy) is 1. The van der Waals surface area contributed by atoms with Crippen molar-refractivity contribution in [1.29, 1.82) is 0 Å². The second-order valence-electron chi connectivity index (χ2n) is 8.73. The predicted molar refractivity (Wildman–Crippen MR) is 124 cm³/mol. The van der Waals surface area contributed by atoms with Gasteiger partial charge < -0.3 is 20.3 Å². The maximum atomic E-state index is 12.9. The molecular weight excluding hydrogens is 404 g/mol. The van der Waals surface area contributed by atoms with Crippen molar-refractivity contribution in [3.05, 3.63) is 53.2 Å². The van der Waals surface area contributed by atoms with Gasteiger partial charge in [0.1, 0.15) is 11.6 Å². The van der Waals surface area contributed by atoms with E-state index >= 15 is 0 Å². The van der Waals surface area contributed by atoms with Gasteiger partial charge in [0.05, 0.1) is 12.7 Å². The molecule has 0 aliphatic carbocycles. The second kappa shape index (κ2) is 9.59. The summed E-state index contributed by atoms with van der Waals surface area (Å²) in [4.78, 5) is 32.1.